The Hall–Kier alpha value is -4.26. The Bertz CT molecular complexity index is 2290. The minimum Gasteiger partial charge on any atom is -0.390 e. The Balaban J connectivity index is 1.77. The number of hydrogen-bond donors (Lipinski definition) is 4. The summed E-state index contributed by atoms with van der Waals surface area (Å²) in [4.78, 5) is 18.9. The Morgan fingerprint density at radius 2 is 0.806 bits per heavy atom. The Morgan fingerprint density at radius 1 is 0.500 bits per heavy atom. The van der Waals surface area contributed by atoms with Gasteiger partial charge >= 0.3 is 0 Å². The van der Waals surface area contributed by atoms with Gasteiger partial charge in [0, 0.05) is 38.8 Å². The molecule has 3 aromatic heterocycles. The molecule has 336 valence electrons. The zero-order valence-electron chi connectivity index (χ0n) is 40.5. The number of aromatic amines is 2. The third kappa shape index (κ3) is 14.1. The molecule has 4 N–H and O–H groups in total. The van der Waals surface area contributed by atoms with Gasteiger partial charge in [0.05, 0.1) is 34.5 Å². The van der Waals surface area contributed by atoms with Crippen LogP contribution in [0.15, 0.2) is 59.2 Å². The number of H-pyrrole nitrogens is 2. The highest BCUT2D eigenvalue weighted by Crippen LogP contribution is 2.33. The summed E-state index contributed by atoms with van der Waals surface area (Å²) in [7, 11) is 0. The zero-order valence-corrected chi connectivity index (χ0v) is 40.5. The summed E-state index contributed by atoms with van der Waals surface area (Å²) in [5.74, 6) is 1.66. The van der Waals surface area contributed by atoms with Crippen LogP contribution in [0.3, 0.4) is 0 Å². The van der Waals surface area contributed by atoms with Crippen LogP contribution in [0.4, 0.5) is 0 Å². The van der Waals surface area contributed by atoms with Gasteiger partial charge in [-0.3, -0.25) is 0 Å². The van der Waals surface area contributed by atoms with Gasteiger partial charge in [-0.15, -0.1) is 0 Å². The van der Waals surface area contributed by atoms with Crippen molar-refractivity contribution in [2.75, 3.05) is 0 Å². The standard InChI is InChI=1S/C56H80N4O2/c1-36(2)16-13-19-39(7)32-43-47-23-25-49(57-47)44(33-40(8)20-14-17-37(3)4)51-27-29-53(59-51)46(35-42(10)22-31-55(61)56(11,12)62)54-30-28-52(60-54)45(50-26-24-48(43)58-50)34-41(9)21-15-18-38(5)6/h16-18,23-30,39-42,55,57,59,61-62H,13-15,19-22,31-35H2,1-12H3. The van der Waals surface area contributed by atoms with E-state index in [9.17, 15) is 10.2 Å². The maximum atomic E-state index is 10.8. The molecule has 5 rings (SSSR count). The summed E-state index contributed by atoms with van der Waals surface area (Å²) < 4.78 is 0. The van der Waals surface area contributed by atoms with E-state index in [0.717, 1.165) is 115 Å². The molecule has 0 saturated heterocycles. The summed E-state index contributed by atoms with van der Waals surface area (Å²) in [5.41, 5.74) is 16.5. The van der Waals surface area contributed by atoms with Crippen LogP contribution in [0.25, 0.3) is 46.4 Å². The first kappa shape index (κ1) is 48.8. The second kappa shape index (κ2) is 22.4. The first-order chi connectivity index (χ1) is 29.4. The Kier molecular flexibility index (Phi) is 17.6. The van der Waals surface area contributed by atoms with Gasteiger partial charge < -0.3 is 20.2 Å². The van der Waals surface area contributed by atoms with Gasteiger partial charge in [-0.2, -0.15) is 0 Å². The fourth-order valence-corrected chi connectivity index (χ4v) is 8.87. The third-order valence-corrected chi connectivity index (χ3v) is 12.8. The van der Waals surface area contributed by atoms with E-state index in [4.69, 9.17) is 9.97 Å². The molecule has 0 aromatic carbocycles. The summed E-state index contributed by atoms with van der Waals surface area (Å²) in [5, 5.41) is 21.3. The lowest BCUT2D eigenvalue weighted by Gasteiger charge is -2.25. The lowest BCUT2D eigenvalue weighted by molar-refractivity contribution is -0.0533. The van der Waals surface area contributed by atoms with Crippen molar-refractivity contribution in [1.29, 1.82) is 0 Å². The number of aliphatic hydroxyl groups is 2. The molecule has 5 atom stereocenters. The second-order valence-electron chi connectivity index (χ2n) is 20.5. The van der Waals surface area contributed by atoms with Crippen molar-refractivity contribution in [1.82, 2.24) is 19.9 Å². The number of nitrogens with zero attached hydrogens (tertiary/aromatic N) is 2. The Labute approximate surface area is 374 Å². The fraction of sp³-hybridized carbons (Fsp3) is 0.536. The molecule has 2 aliphatic heterocycles. The lowest BCUT2D eigenvalue weighted by atomic mass is 9.90. The second-order valence-corrected chi connectivity index (χ2v) is 20.5. The van der Waals surface area contributed by atoms with Crippen molar-refractivity contribution in [3.8, 4) is 0 Å². The van der Waals surface area contributed by atoms with Crippen LogP contribution >= 0.6 is 0 Å². The number of aromatic nitrogens is 4. The van der Waals surface area contributed by atoms with Crippen LogP contribution < -0.4 is 0 Å². The molecule has 0 fully saturated rings. The van der Waals surface area contributed by atoms with E-state index in [2.05, 4.69) is 146 Å². The fourth-order valence-electron chi connectivity index (χ4n) is 8.87. The molecule has 5 heterocycles. The maximum Gasteiger partial charge on any atom is 0.0849 e. The van der Waals surface area contributed by atoms with Gasteiger partial charge in [0.15, 0.2) is 0 Å². The van der Waals surface area contributed by atoms with E-state index in [1.54, 1.807) is 13.8 Å². The van der Waals surface area contributed by atoms with Crippen molar-refractivity contribution in [3.63, 3.8) is 0 Å². The average molecular weight is 841 g/mol. The predicted molar refractivity (Wildman–Crippen MR) is 268 cm³/mol. The monoisotopic (exact) mass is 841 g/mol. The van der Waals surface area contributed by atoms with Crippen LogP contribution in [-0.4, -0.2) is 41.9 Å². The first-order valence-electron chi connectivity index (χ1n) is 23.8. The number of nitrogens with one attached hydrogen (secondary N) is 2. The highest BCUT2D eigenvalue weighted by molar-refractivity contribution is 5.83. The minimum atomic E-state index is -1.13. The third-order valence-electron chi connectivity index (χ3n) is 12.8. The Morgan fingerprint density at radius 3 is 1.16 bits per heavy atom. The number of hydrogen-bond acceptors (Lipinski definition) is 4. The van der Waals surface area contributed by atoms with Gasteiger partial charge in [-0.1, -0.05) is 62.6 Å². The van der Waals surface area contributed by atoms with Gasteiger partial charge in [-0.05, 0) is 210 Å². The van der Waals surface area contributed by atoms with Crippen molar-refractivity contribution >= 4 is 46.4 Å². The lowest BCUT2D eigenvalue weighted by Crippen LogP contribution is -2.36. The molecule has 8 bridgehead atoms. The SMILES string of the molecule is CC(C)=CCCC(C)Cc1c2nc(c(CC(C)CCC=C(C)C)c3ccc([nH]3)c(CC(C)CCC=C(C)C)c3ccc([nH]3)c(CC(C)CCC(O)C(C)(C)O)c3nc1C=C3)C=C2. The van der Waals surface area contributed by atoms with E-state index in [1.807, 2.05) is 0 Å². The van der Waals surface area contributed by atoms with Crippen molar-refractivity contribution in [2.24, 2.45) is 23.7 Å². The first-order valence-corrected chi connectivity index (χ1v) is 23.8. The van der Waals surface area contributed by atoms with Crippen LogP contribution in [0.5, 0.6) is 0 Å². The molecular weight excluding hydrogens is 761 g/mol. The highest BCUT2D eigenvalue weighted by atomic mass is 16.3. The van der Waals surface area contributed by atoms with E-state index >= 15 is 0 Å². The molecule has 62 heavy (non-hydrogen) atoms. The quantitative estimate of drug-likeness (QED) is 0.0553. The number of aliphatic hydroxyl groups excluding tert-OH is 1. The van der Waals surface area contributed by atoms with E-state index in [1.165, 1.54) is 39.0 Å². The van der Waals surface area contributed by atoms with Gasteiger partial charge in [0.1, 0.15) is 0 Å². The molecule has 2 aliphatic rings. The minimum absolute atomic E-state index is 0.250. The van der Waals surface area contributed by atoms with Gasteiger partial charge in [0.25, 0.3) is 0 Å². The largest absolute Gasteiger partial charge is 0.390 e. The van der Waals surface area contributed by atoms with Crippen LogP contribution in [0.1, 0.15) is 179 Å². The summed E-state index contributed by atoms with van der Waals surface area (Å²) >= 11 is 0. The van der Waals surface area contributed by atoms with E-state index < -0.39 is 11.7 Å². The zero-order chi connectivity index (χ0) is 45.1. The molecule has 0 radical (unpaired) electrons. The highest BCUT2D eigenvalue weighted by Gasteiger charge is 2.25. The summed E-state index contributed by atoms with van der Waals surface area (Å²) in [6.45, 7) is 25.9. The number of rotatable bonds is 21. The molecule has 6 heteroatoms. The molecule has 3 aromatic rings. The number of allylic oxidation sites excluding steroid dienone is 6. The average Bonchev–Trinajstić information content (AvgIpc) is 4.03. The predicted octanol–water partition coefficient (Wildman–Crippen LogP) is 14.5. The van der Waals surface area contributed by atoms with Crippen molar-refractivity contribution < 1.29 is 10.2 Å². The molecule has 0 spiro atoms. The topological polar surface area (TPSA) is 97.8 Å². The van der Waals surface area contributed by atoms with Crippen LogP contribution in [0, 0.1) is 23.7 Å². The van der Waals surface area contributed by atoms with Crippen molar-refractivity contribution in [2.45, 2.75) is 172 Å². The molecular formula is C56H80N4O2. The van der Waals surface area contributed by atoms with E-state index in [0.29, 0.717) is 24.2 Å². The summed E-state index contributed by atoms with van der Waals surface area (Å²) in [6, 6.07) is 9.10. The summed E-state index contributed by atoms with van der Waals surface area (Å²) in [6.07, 6.45) is 26.6. The van der Waals surface area contributed by atoms with Crippen LogP contribution in [0.2, 0.25) is 0 Å². The normalized spacial score (nSPS) is 14.9. The van der Waals surface area contributed by atoms with Gasteiger partial charge in [0.2, 0.25) is 0 Å². The molecule has 0 aliphatic carbocycles. The van der Waals surface area contributed by atoms with E-state index in [-0.39, 0.29) is 5.92 Å². The molecule has 0 saturated carbocycles. The molecule has 0 amide bonds. The van der Waals surface area contributed by atoms with Gasteiger partial charge in [-0.25, -0.2) is 9.97 Å². The van der Waals surface area contributed by atoms with Crippen molar-refractivity contribution in [3.05, 3.63) is 104 Å². The number of fused-ring (bicyclic) bond motifs is 8. The smallest absolute Gasteiger partial charge is 0.0849 e. The molecule has 5 unspecified atom stereocenters. The maximum absolute atomic E-state index is 10.8. The molecule has 6 nitrogen and oxygen atoms in total. The van der Waals surface area contributed by atoms with Crippen LogP contribution in [-0.2, 0) is 25.7 Å².